The number of benzene rings is 2. The first kappa shape index (κ1) is 9.45. The van der Waals surface area contributed by atoms with E-state index in [1.165, 1.54) is 30.3 Å². The molecule has 0 aliphatic heterocycles. The zero-order valence-electron chi connectivity index (χ0n) is 7.57. The minimum Gasteiger partial charge on any atom is -0.506 e. The van der Waals surface area contributed by atoms with Gasteiger partial charge in [-0.3, -0.25) is 0 Å². The maximum absolute atomic E-state index is 13.2. The summed E-state index contributed by atoms with van der Waals surface area (Å²) in [6, 6.07) is 6.67. The second-order valence-corrected chi connectivity index (χ2v) is 3.10. The van der Waals surface area contributed by atoms with E-state index in [1.54, 1.807) is 0 Å². The number of phenols is 1. The fraction of sp³-hybridized carbons (Fsp3) is 0. The van der Waals surface area contributed by atoms with E-state index in [1.807, 2.05) is 0 Å². The third-order valence-corrected chi connectivity index (χ3v) is 2.21. The minimum absolute atomic E-state index is 0.204. The average Bonchev–Trinajstić information content (AvgIpc) is 2.19. The molecule has 15 heavy (non-hydrogen) atoms. The summed E-state index contributed by atoms with van der Waals surface area (Å²) >= 11 is 0. The largest absolute Gasteiger partial charge is 0.506 e. The maximum atomic E-state index is 13.2. The number of hydrogen-bond acceptors (Lipinski definition) is 2. The van der Waals surface area contributed by atoms with Gasteiger partial charge < -0.3 is 10.2 Å². The number of carboxylic acid groups (broad SMARTS) is 1. The van der Waals surface area contributed by atoms with Gasteiger partial charge in [0.1, 0.15) is 17.1 Å². The molecule has 2 N–H and O–H groups in total. The summed E-state index contributed by atoms with van der Waals surface area (Å²) in [5.41, 5.74) is -0.229. The Labute approximate surface area is 84.4 Å². The number of aromatic carboxylic acids is 1. The molecule has 0 heterocycles. The van der Waals surface area contributed by atoms with Gasteiger partial charge in [0.05, 0.1) is 0 Å². The fourth-order valence-corrected chi connectivity index (χ4v) is 1.48. The summed E-state index contributed by atoms with van der Waals surface area (Å²) in [7, 11) is 0. The normalized spacial score (nSPS) is 10.5. The molecule has 0 fully saturated rings. The first-order valence-corrected chi connectivity index (χ1v) is 4.25. The van der Waals surface area contributed by atoms with Crippen LogP contribution in [0.25, 0.3) is 10.8 Å². The van der Waals surface area contributed by atoms with Gasteiger partial charge in [-0.1, -0.05) is 18.2 Å². The van der Waals surface area contributed by atoms with E-state index in [0.29, 0.717) is 0 Å². The molecule has 0 spiro atoms. The Morgan fingerprint density at radius 2 is 1.87 bits per heavy atom. The summed E-state index contributed by atoms with van der Waals surface area (Å²) < 4.78 is 13.2. The van der Waals surface area contributed by atoms with Crippen LogP contribution in [0.4, 0.5) is 4.39 Å². The molecule has 0 bridgehead atoms. The van der Waals surface area contributed by atoms with Crippen LogP contribution < -0.4 is 0 Å². The minimum atomic E-state index is -1.24. The van der Waals surface area contributed by atoms with Crippen molar-refractivity contribution in [3.05, 3.63) is 41.7 Å². The molecule has 0 aliphatic carbocycles. The summed E-state index contributed by atoms with van der Waals surface area (Å²) in [6.07, 6.45) is 0. The molecule has 0 atom stereocenters. The highest BCUT2D eigenvalue weighted by atomic mass is 19.1. The first-order chi connectivity index (χ1) is 7.11. The van der Waals surface area contributed by atoms with Crippen LogP contribution in [0.15, 0.2) is 30.3 Å². The quantitative estimate of drug-likeness (QED) is 0.753. The summed E-state index contributed by atoms with van der Waals surface area (Å²) in [5, 5.41) is 18.7. The van der Waals surface area contributed by atoms with E-state index in [4.69, 9.17) is 5.11 Å². The van der Waals surface area contributed by atoms with Crippen molar-refractivity contribution in [3.8, 4) is 5.75 Å². The Kier molecular flexibility index (Phi) is 2.04. The van der Waals surface area contributed by atoms with Crippen LogP contribution in [0, 0.1) is 5.82 Å². The van der Waals surface area contributed by atoms with Crippen LogP contribution in [-0.2, 0) is 0 Å². The molecule has 0 saturated carbocycles. The average molecular weight is 206 g/mol. The van der Waals surface area contributed by atoms with Gasteiger partial charge in [-0.05, 0) is 12.1 Å². The second kappa shape index (κ2) is 3.24. The van der Waals surface area contributed by atoms with Crippen molar-refractivity contribution in [1.82, 2.24) is 0 Å². The monoisotopic (exact) mass is 206 g/mol. The van der Waals surface area contributed by atoms with Crippen LogP contribution in [0.3, 0.4) is 0 Å². The van der Waals surface area contributed by atoms with Crippen molar-refractivity contribution in [2.45, 2.75) is 0 Å². The molecule has 0 unspecified atom stereocenters. The molecule has 0 radical (unpaired) electrons. The molecule has 0 saturated heterocycles. The molecular weight excluding hydrogens is 199 g/mol. The van der Waals surface area contributed by atoms with Gasteiger partial charge >= 0.3 is 5.97 Å². The number of hydrogen-bond donors (Lipinski definition) is 2. The predicted octanol–water partition coefficient (Wildman–Crippen LogP) is 2.38. The molecule has 2 aromatic rings. The SMILES string of the molecule is O=C(O)c1ccc2c(F)cccc2c1O. The van der Waals surface area contributed by atoms with Crippen molar-refractivity contribution < 1.29 is 19.4 Å². The summed E-state index contributed by atoms with van der Waals surface area (Å²) in [5.74, 6) is -2.13. The molecular formula is C11H7FO3. The zero-order chi connectivity index (χ0) is 11.0. The van der Waals surface area contributed by atoms with E-state index in [9.17, 15) is 14.3 Å². The smallest absolute Gasteiger partial charge is 0.339 e. The van der Waals surface area contributed by atoms with E-state index >= 15 is 0 Å². The van der Waals surface area contributed by atoms with Gasteiger partial charge in [0, 0.05) is 10.8 Å². The molecule has 0 aromatic heterocycles. The van der Waals surface area contributed by atoms with E-state index in [0.717, 1.165) is 0 Å². The topological polar surface area (TPSA) is 57.5 Å². The van der Waals surface area contributed by atoms with Gasteiger partial charge in [0.25, 0.3) is 0 Å². The lowest BCUT2D eigenvalue weighted by Crippen LogP contribution is -1.97. The number of fused-ring (bicyclic) bond motifs is 1. The Balaban J connectivity index is 2.86. The van der Waals surface area contributed by atoms with Crippen LogP contribution >= 0.6 is 0 Å². The van der Waals surface area contributed by atoms with Crippen LogP contribution in [0.5, 0.6) is 5.75 Å². The Morgan fingerprint density at radius 3 is 2.53 bits per heavy atom. The highest BCUT2D eigenvalue weighted by Crippen LogP contribution is 2.29. The number of aromatic hydroxyl groups is 1. The Morgan fingerprint density at radius 1 is 1.13 bits per heavy atom. The highest BCUT2D eigenvalue weighted by molar-refractivity contribution is 6.00. The lowest BCUT2D eigenvalue weighted by molar-refractivity contribution is 0.0694. The molecule has 2 aromatic carbocycles. The van der Waals surface area contributed by atoms with Gasteiger partial charge in [-0.25, -0.2) is 9.18 Å². The van der Waals surface area contributed by atoms with Gasteiger partial charge in [0.15, 0.2) is 0 Å². The lowest BCUT2D eigenvalue weighted by atomic mass is 10.1. The molecule has 0 aliphatic rings. The lowest BCUT2D eigenvalue weighted by Gasteiger charge is -2.04. The highest BCUT2D eigenvalue weighted by Gasteiger charge is 2.13. The molecule has 3 nitrogen and oxygen atoms in total. The number of carbonyl (C=O) groups is 1. The third-order valence-electron chi connectivity index (χ3n) is 2.21. The third kappa shape index (κ3) is 1.40. The Bertz CT molecular complexity index is 549. The van der Waals surface area contributed by atoms with E-state index in [-0.39, 0.29) is 16.3 Å². The first-order valence-electron chi connectivity index (χ1n) is 4.25. The number of halogens is 1. The Hall–Kier alpha value is -2.10. The van der Waals surface area contributed by atoms with Crippen LogP contribution in [0.2, 0.25) is 0 Å². The summed E-state index contributed by atoms with van der Waals surface area (Å²) in [4.78, 5) is 10.7. The summed E-state index contributed by atoms with van der Waals surface area (Å²) in [6.45, 7) is 0. The van der Waals surface area contributed by atoms with Gasteiger partial charge in [-0.15, -0.1) is 0 Å². The predicted molar refractivity (Wildman–Crippen MR) is 52.5 cm³/mol. The van der Waals surface area contributed by atoms with Gasteiger partial charge in [-0.2, -0.15) is 0 Å². The van der Waals surface area contributed by atoms with E-state index < -0.39 is 17.5 Å². The zero-order valence-corrected chi connectivity index (χ0v) is 7.57. The molecule has 2 rings (SSSR count). The van der Waals surface area contributed by atoms with Gasteiger partial charge in [0.2, 0.25) is 0 Å². The van der Waals surface area contributed by atoms with Crippen molar-refractivity contribution in [2.75, 3.05) is 0 Å². The van der Waals surface area contributed by atoms with Crippen LogP contribution in [0.1, 0.15) is 10.4 Å². The molecule has 4 heteroatoms. The standard InChI is InChI=1S/C11H7FO3/c12-9-3-1-2-7-6(9)4-5-8(10(7)13)11(14)15/h1-5,13H,(H,14,15). The maximum Gasteiger partial charge on any atom is 0.339 e. The van der Waals surface area contributed by atoms with Crippen molar-refractivity contribution in [3.63, 3.8) is 0 Å². The van der Waals surface area contributed by atoms with Crippen molar-refractivity contribution >= 4 is 16.7 Å². The molecule has 0 amide bonds. The van der Waals surface area contributed by atoms with Crippen molar-refractivity contribution in [1.29, 1.82) is 0 Å². The second-order valence-electron chi connectivity index (χ2n) is 3.10. The number of carboxylic acids is 1. The van der Waals surface area contributed by atoms with E-state index in [2.05, 4.69) is 0 Å². The molecule has 76 valence electrons. The van der Waals surface area contributed by atoms with Crippen molar-refractivity contribution in [2.24, 2.45) is 0 Å². The number of rotatable bonds is 1. The van der Waals surface area contributed by atoms with Crippen LogP contribution in [-0.4, -0.2) is 16.2 Å². The fourth-order valence-electron chi connectivity index (χ4n) is 1.48.